The standard InChI is InChI=1S/C16H22N2O2/c19-16(18-8-9-20-11-12-4-5-12)15-3-1-2-13-10-17-7-6-14(13)15/h1-3,12,17H,4-11H2,(H,18,19). The number of hydrogen-bond acceptors (Lipinski definition) is 3. The Morgan fingerprint density at radius 1 is 1.40 bits per heavy atom. The maximum atomic E-state index is 12.2. The first-order valence-corrected chi connectivity index (χ1v) is 7.52. The van der Waals surface area contributed by atoms with Crippen molar-refractivity contribution < 1.29 is 9.53 Å². The molecule has 1 amide bonds. The third-order valence-electron chi connectivity index (χ3n) is 3.97. The van der Waals surface area contributed by atoms with Crippen molar-refractivity contribution in [1.29, 1.82) is 0 Å². The van der Waals surface area contributed by atoms with E-state index in [1.165, 1.54) is 24.0 Å². The SMILES string of the molecule is O=C(NCCOCC1CC1)c1cccc2c1CCNC2. The number of carbonyl (C=O) groups excluding carboxylic acids is 1. The smallest absolute Gasteiger partial charge is 0.251 e. The number of amides is 1. The average Bonchev–Trinajstić information content (AvgIpc) is 3.30. The number of rotatable bonds is 6. The van der Waals surface area contributed by atoms with Crippen LogP contribution in [0, 0.1) is 5.92 Å². The maximum absolute atomic E-state index is 12.2. The van der Waals surface area contributed by atoms with Crippen molar-refractivity contribution >= 4 is 5.91 Å². The minimum absolute atomic E-state index is 0.0266. The largest absolute Gasteiger partial charge is 0.379 e. The first-order chi connectivity index (χ1) is 9.84. The summed E-state index contributed by atoms with van der Waals surface area (Å²) in [4.78, 5) is 12.2. The Balaban J connectivity index is 1.51. The molecular formula is C16H22N2O2. The van der Waals surface area contributed by atoms with Crippen LogP contribution in [-0.4, -0.2) is 32.2 Å². The van der Waals surface area contributed by atoms with Crippen molar-refractivity contribution in [2.45, 2.75) is 25.8 Å². The lowest BCUT2D eigenvalue weighted by atomic mass is 9.95. The van der Waals surface area contributed by atoms with Crippen LogP contribution >= 0.6 is 0 Å². The molecule has 0 spiro atoms. The van der Waals surface area contributed by atoms with Gasteiger partial charge in [0.1, 0.15) is 0 Å². The van der Waals surface area contributed by atoms with Crippen LogP contribution in [0.3, 0.4) is 0 Å². The summed E-state index contributed by atoms with van der Waals surface area (Å²) < 4.78 is 5.53. The second-order valence-corrected chi connectivity index (χ2v) is 5.64. The molecule has 1 saturated carbocycles. The summed E-state index contributed by atoms with van der Waals surface area (Å²) >= 11 is 0. The molecule has 0 saturated heterocycles. The van der Waals surface area contributed by atoms with E-state index in [2.05, 4.69) is 16.7 Å². The molecule has 0 atom stereocenters. The van der Waals surface area contributed by atoms with Gasteiger partial charge in [0.2, 0.25) is 0 Å². The van der Waals surface area contributed by atoms with Crippen LogP contribution < -0.4 is 10.6 Å². The number of benzene rings is 1. The first-order valence-electron chi connectivity index (χ1n) is 7.52. The molecule has 0 bridgehead atoms. The van der Waals surface area contributed by atoms with Gasteiger partial charge >= 0.3 is 0 Å². The first kappa shape index (κ1) is 13.6. The molecule has 4 nitrogen and oxygen atoms in total. The third kappa shape index (κ3) is 3.38. The fourth-order valence-corrected chi connectivity index (χ4v) is 2.61. The van der Waals surface area contributed by atoms with E-state index in [1.807, 2.05) is 12.1 Å². The molecular weight excluding hydrogens is 252 g/mol. The van der Waals surface area contributed by atoms with E-state index in [4.69, 9.17) is 4.74 Å². The Hall–Kier alpha value is -1.39. The Bertz CT molecular complexity index is 483. The lowest BCUT2D eigenvalue weighted by molar-refractivity contribution is 0.0905. The molecule has 3 rings (SSSR count). The van der Waals surface area contributed by atoms with Crippen LogP contribution in [0.2, 0.25) is 0 Å². The molecule has 1 fully saturated rings. The third-order valence-corrected chi connectivity index (χ3v) is 3.97. The van der Waals surface area contributed by atoms with Crippen LogP contribution in [0.4, 0.5) is 0 Å². The lowest BCUT2D eigenvalue weighted by Crippen LogP contribution is -2.31. The summed E-state index contributed by atoms with van der Waals surface area (Å²) in [6.45, 7) is 3.86. The van der Waals surface area contributed by atoms with Crippen LogP contribution in [0.1, 0.15) is 34.3 Å². The molecule has 1 aliphatic heterocycles. The van der Waals surface area contributed by atoms with Gasteiger partial charge in [0.25, 0.3) is 5.91 Å². The van der Waals surface area contributed by atoms with Crippen LogP contribution in [0.25, 0.3) is 0 Å². The summed E-state index contributed by atoms with van der Waals surface area (Å²) in [7, 11) is 0. The average molecular weight is 274 g/mol. The van der Waals surface area contributed by atoms with Crippen molar-refractivity contribution in [3.8, 4) is 0 Å². The van der Waals surface area contributed by atoms with Crippen molar-refractivity contribution in [2.75, 3.05) is 26.3 Å². The van der Waals surface area contributed by atoms with Crippen LogP contribution in [0.5, 0.6) is 0 Å². The van der Waals surface area contributed by atoms with E-state index in [-0.39, 0.29) is 5.91 Å². The maximum Gasteiger partial charge on any atom is 0.251 e. The minimum Gasteiger partial charge on any atom is -0.379 e. The lowest BCUT2D eigenvalue weighted by Gasteiger charge is -2.19. The van der Waals surface area contributed by atoms with Gasteiger partial charge in [-0.25, -0.2) is 0 Å². The second kappa shape index (κ2) is 6.37. The highest BCUT2D eigenvalue weighted by Gasteiger charge is 2.21. The van der Waals surface area contributed by atoms with Crippen molar-refractivity contribution in [3.63, 3.8) is 0 Å². The Labute approximate surface area is 119 Å². The fraction of sp³-hybridized carbons (Fsp3) is 0.562. The van der Waals surface area contributed by atoms with Gasteiger partial charge in [-0.2, -0.15) is 0 Å². The highest BCUT2D eigenvalue weighted by molar-refractivity contribution is 5.96. The van der Waals surface area contributed by atoms with Crippen molar-refractivity contribution in [1.82, 2.24) is 10.6 Å². The van der Waals surface area contributed by atoms with Crippen LogP contribution in [-0.2, 0) is 17.7 Å². The van der Waals surface area contributed by atoms with Crippen molar-refractivity contribution in [2.24, 2.45) is 5.92 Å². The molecule has 1 aromatic carbocycles. The summed E-state index contributed by atoms with van der Waals surface area (Å²) in [6.07, 6.45) is 3.53. The Morgan fingerprint density at radius 3 is 3.15 bits per heavy atom. The summed E-state index contributed by atoms with van der Waals surface area (Å²) in [5, 5.41) is 6.29. The van der Waals surface area contributed by atoms with Crippen LogP contribution in [0.15, 0.2) is 18.2 Å². The molecule has 20 heavy (non-hydrogen) atoms. The molecule has 4 heteroatoms. The molecule has 1 heterocycles. The minimum atomic E-state index is 0.0266. The number of hydrogen-bond donors (Lipinski definition) is 2. The number of carbonyl (C=O) groups is 1. The number of fused-ring (bicyclic) bond motifs is 1. The van der Waals surface area contributed by atoms with Gasteiger partial charge in [-0.3, -0.25) is 4.79 Å². The molecule has 0 radical (unpaired) electrons. The van der Waals surface area contributed by atoms with E-state index < -0.39 is 0 Å². The monoisotopic (exact) mass is 274 g/mol. The van der Waals surface area contributed by atoms with Gasteiger partial charge in [-0.05, 0) is 48.9 Å². The predicted octanol–water partition coefficient (Wildman–Crippen LogP) is 1.49. The molecule has 1 aliphatic carbocycles. The summed E-state index contributed by atoms with van der Waals surface area (Å²) in [6, 6.07) is 5.98. The number of nitrogens with one attached hydrogen (secondary N) is 2. The normalized spacial score (nSPS) is 17.6. The van der Waals surface area contributed by atoms with E-state index in [0.29, 0.717) is 13.2 Å². The number of ether oxygens (including phenoxy) is 1. The quantitative estimate of drug-likeness (QED) is 0.773. The van der Waals surface area contributed by atoms with E-state index in [1.54, 1.807) is 0 Å². The topological polar surface area (TPSA) is 50.4 Å². The molecule has 0 aromatic heterocycles. The summed E-state index contributed by atoms with van der Waals surface area (Å²) in [5.74, 6) is 0.804. The van der Waals surface area contributed by atoms with E-state index in [0.717, 1.165) is 37.6 Å². The molecule has 0 unspecified atom stereocenters. The molecule has 2 N–H and O–H groups in total. The zero-order chi connectivity index (χ0) is 13.8. The Morgan fingerprint density at radius 2 is 2.30 bits per heavy atom. The molecule has 1 aromatic rings. The predicted molar refractivity (Wildman–Crippen MR) is 77.7 cm³/mol. The second-order valence-electron chi connectivity index (χ2n) is 5.64. The zero-order valence-corrected chi connectivity index (χ0v) is 11.8. The van der Waals surface area contributed by atoms with Crippen molar-refractivity contribution in [3.05, 3.63) is 34.9 Å². The fourth-order valence-electron chi connectivity index (χ4n) is 2.61. The van der Waals surface area contributed by atoms with Gasteiger partial charge in [0.15, 0.2) is 0 Å². The van der Waals surface area contributed by atoms with Gasteiger partial charge < -0.3 is 15.4 Å². The van der Waals surface area contributed by atoms with E-state index >= 15 is 0 Å². The molecule has 108 valence electrons. The van der Waals surface area contributed by atoms with Gasteiger partial charge in [-0.15, -0.1) is 0 Å². The highest BCUT2D eigenvalue weighted by Crippen LogP contribution is 2.28. The molecule has 2 aliphatic rings. The van der Waals surface area contributed by atoms with Gasteiger partial charge in [0.05, 0.1) is 6.61 Å². The zero-order valence-electron chi connectivity index (χ0n) is 11.8. The highest BCUT2D eigenvalue weighted by atomic mass is 16.5. The Kier molecular flexibility index (Phi) is 4.33. The van der Waals surface area contributed by atoms with Gasteiger partial charge in [0, 0.05) is 25.3 Å². The van der Waals surface area contributed by atoms with Gasteiger partial charge in [-0.1, -0.05) is 12.1 Å². The summed E-state index contributed by atoms with van der Waals surface area (Å²) in [5.41, 5.74) is 3.27. The van der Waals surface area contributed by atoms with E-state index in [9.17, 15) is 4.79 Å².